The lowest BCUT2D eigenvalue weighted by Gasteiger charge is -2.46. The lowest BCUT2D eigenvalue weighted by Crippen LogP contribution is -2.65. The fraction of sp³-hybridized carbons (Fsp3) is 0.830. The average molecular weight is 954 g/mol. The third kappa shape index (κ3) is 26.7. The Labute approximate surface area is 403 Å². The minimum Gasteiger partial charge on any atom is -0.394 e. The number of hydrogen-bond acceptors (Lipinski definition) is 13. The second kappa shape index (κ2) is 39.6. The molecule has 2 heterocycles. The predicted molar refractivity (Wildman–Crippen MR) is 263 cm³/mol. The Balaban J connectivity index is 1.71. The first-order valence-electron chi connectivity index (χ1n) is 26.4. The molecule has 2 saturated heterocycles. The molecule has 2 fully saturated rings. The molecule has 67 heavy (non-hydrogen) atoms. The van der Waals surface area contributed by atoms with Gasteiger partial charge in [0.2, 0.25) is 5.91 Å². The molecule has 0 aromatic heterocycles. The summed E-state index contributed by atoms with van der Waals surface area (Å²) in [6.07, 6.45) is 30.5. The van der Waals surface area contributed by atoms with Crippen LogP contribution in [-0.2, 0) is 23.7 Å². The third-order valence-corrected chi connectivity index (χ3v) is 12.7. The van der Waals surface area contributed by atoms with Gasteiger partial charge in [-0.05, 0) is 57.8 Å². The van der Waals surface area contributed by atoms with Crippen LogP contribution >= 0.6 is 0 Å². The van der Waals surface area contributed by atoms with Gasteiger partial charge in [-0.1, -0.05) is 172 Å². The van der Waals surface area contributed by atoms with Crippen LogP contribution < -0.4 is 5.32 Å². The number of amides is 1. The van der Waals surface area contributed by atoms with Crippen LogP contribution in [0.2, 0.25) is 0 Å². The molecule has 390 valence electrons. The monoisotopic (exact) mass is 954 g/mol. The minimum absolute atomic E-state index is 0.255. The summed E-state index contributed by atoms with van der Waals surface area (Å²) in [5.41, 5.74) is 0. The number of allylic oxidation sites excluding steroid dienone is 7. The number of ether oxygens (including phenoxy) is 4. The normalized spacial score (nSPS) is 27.0. The molecule has 0 saturated carbocycles. The number of nitrogens with one attached hydrogen (secondary N) is 1. The van der Waals surface area contributed by atoms with E-state index in [1.54, 1.807) is 6.08 Å². The Morgan fingerprint density at radius 3 is 1.60 bits per heavy atom. The second-order valence-electron chi connectivity index (χ2n) is 18.6. The fourth-order valence-electron chi connectivity index (χ4n) is 8.38. The van der Waals surface area contributed by atoms with E-state index < -0.39 is 86.8 Å². The van der Waals surface area contributed by atoms with Crippen molar-refractivity contribution in [2.75, 3.05) is 19.8 Å². The highest BCUT2D eigenvalue weighted by Gasteiger charge is 2.51. The van der Waals surface area contributed by atoms with Gasteiger partial charge in [0.15, 0.2) is 12.6 Å². The molecule has 0 aromatic rings. The number of rotatable bonds is 40. The lowest BCUT2D eigenvalue weighted by molar-refractivity contribution is -0.359. The van der Waals surface area contributed by atoms with Crippen molar-refractivity contribution in [3.8, 4) is 0 Å². The van der Waals surface area contributed by atoms with Gasteiger partial charge in [0.05, 0.1) is 32.0 Å². The van der Waals surface area contributed by atoms with Crippen molar-refractivity contribution in [3.63, 3.8) is 0 Å². The molecule has 0 aromatic carbocycles. The topological polar surface area (TPSA) is 228 Å². The van der Waals surface area contributed by atoms with Gasteiger partial charge in [-0.25, -0.2) is 0 Å². The summed E-state index contributed by atoms with van der Waals surface area (Å²) in [6.45, 7) is 2.67. The van der Waals surface area contributed by atoms with Crippen LogP contribution in [0.4, 0.5) is 0 Å². The van der Waals surface area contributed by atoms with Crippen LogP contribution in [0.1, 0.15) is 187 Å². The van der Waals surface area contributed by atoms with Crippen LogP contribution in [0.15, 0.2) is 48.6 Å². The summed E-state index contributed by atoms with van der Waals surface area (Å²) in [7, 11) is 0. The van der Waals surface area contributed by atoms with Crippen LogP contribution in [0, 0.1) is 0 Å². The van der Waals surface area contributed by atoms with Gasteiger partial charge in [0, 0.05) is 6.42 Å². The van der Waals surface area contributed by atoms with Gasteiger partial charge in [-0.2, -0.15) is 0 Å². The van der Waals surface area contributed by atoms with E-state index in [4.69, 9.17) is 18.9 Å². The molecule has 0 spiro atoms. The first kappa shape index (κ1) is 61.1. The molecule has 0 aliphatic carbocycles. The van der Waals surface area contributed by atoms with Crippen molar-refractivity contribution in [3.05, 3.63) is 48.6 Å². The largest absolute Gasteiger partial charge is 0.394 e. The standard InChI is InChI=1S/C53H95NO13/c1-3-5-7-9-11-13-14-15-16-17-18-19-20-21-22-23-24-25-26-27-28-29-31-33-35-37-45(58)54-41(42(57)36-34-32-30-12-10-8-6-4-2)40-64-52-50(63)48(61)51(44(39-56)66-52)67-53-49(62)47(60)46(59)43(38-55)65-53/h10,12,14-15,17-18,34,36,41-44,46-53,55-57,59-63H,3-9,11,13,16,19-33,35,37-40H2,1-2H3,(H,54,58)/b12-10+,15-14-,18-17-,36-34+. The zero-order valence-electron chi connectivity index (χ0n) is 41.4. The predicted octanol–water partition coefficient (Wildman–Crippen LogP) is 7.27. The zero-order chi connectivity index (χ0) is 48.9. The van der Waals surface area contributed by atoms with Crippen LogP contribution in [0.25, 0.3) is 0 Å². The third-order valence-electron chi connectivity index (χ3n) is 12.7. The number of unbranched alkanes of at least 4 members (excludes halogenated alkanes) is 21. The van der Waals surface area contributed by atoms with E-state index in [1.807, 2.05) is 6.08 Å². The molecular formula is C53H95NO13. The summed E-state index contributed by atoms with van der Waals surface area (Å²) in [6, 6.07) is -0.929. The summed E-state index contributed by atoms with van der Waals surface area (Å²) in [5.74, 6) is -0.255. The smallest absolute Gasteiger partial charge is 0.220 e. The van der Waals surface area contributed by atoms with Gasteiger partial charge in [0.1, 0.15) is 48.8 Å². The van der Waals surface area contributed by atoms with Crippen molar-refractivity contribution < 1.29 is 64.6 Å². The molecule has 9 N–H and O–H groups in total. The molecule has 0 radical (unpaired) electrons. The number of aliphatic hydroxyl groups excluding tert-OH is 8. The fourth-order valence-corrected chi connectivity index (χ4v) is 8.38. The Morgan fingerprint density at radius 2 is 1.01 bits per heavy atom. The van der Waals surface area contributed by atoms with Crippen LogP contribution in [0.5, 0.6) is 0 Å². The maximum Gasteiger partial charge on any atom is 0.220 e. The molecule has 14 heteroatoms. The second-order valence-corrected chi connectivity index (χ2v) is 18.6. The van der Waals surface area contributed by atoms with E-state index in [9.17, 15) is 45.6 Å². The quantitative estimate of drug-likeness (QED) is 0.0218. The molecule has 2 rings (SSSR count). The van der Waals surface area contributed by atoms with E-state index in [1.165, 1.54) is 103 Å². The number of hydrogen-bond donors (Lipinski definition) is 9. The van der Waals surface area contributed by atoms with E-state index in [-0.39, 0.29) is 18.9 Å². The summed E-state index contributed by atoms with van der Waals surface area (Å²) >= 11 is 0. The van der Waals surface area contributed by atoms with E-state index in [0.29, 0.717) is 12.8 Å². The van der Waals surface area contributed by atoms with Crippen molar-refractivity contribution in [1.82, 2.24) is 5.32 Å². The van der Waals surface area contributed by atoms with Gasteiger partial charge >= 0.3 is 0 Å². The van der Waals surface area contributed by atoms with E-state index in [2.05, 4.69) is 55.6 Å². The number of carbonyl (C=O) groups is 1. The lowest BCUT2D eigenvalue weighted by atomic mass is 9.97. The van der Waals surface area contributed by atoms with Crippen molar-refractivity contribution in [1.29, 1.82) is 0 Å². The maximum absolute atomic E-state index is 13.1. The van der Waals surface area contributed by atoms with E-state index >= 15 is 0 Å². The van der Waals surface area contributed by atoms with Crippen LogP contribution in [-0.4, -0.2) is 140 Å². The van der Waals surface area contributed by atoms with Crippen molar-refractivity contribution in [2.45, 2.75) is 261 Å². The highest BCUT2D eigenvalue weighted by Crippen LogP contribution is 2.30. The molecular weight excluding hydrogens is 859 g/mol. The van der Waals surface area contributed by atoms with Gasteiger partial charge in [0.25, 0.3) is 0 Å². The zero-order valence-corrected chi connectivity index (χ0v) is 41.4. The number of carbonyl (C=O) groups excluding carboxylic acids is 1. The molecule has 1 amide bonds. The Hall–Kier alpha value is -2.05. The highest BCUT2D eigenvalue weighted by molar-refractivity contribution is 5.76. The molecule has 0 bridgehead atoms. The van der Waals surface area contributed by atoms with Gasteiger partial charge in [-0.3, -0.25) is 4.79 Å². The molecule has 14 nitrogen and oxygen atoms in total. The molecule has 12 unspecified atom stereocenters. The first-order valence-corrected chi connectivity index (χ1v) is 26.4. The Bertz CT molecular complexity index is 1310. The summed E-state index contributed by atoms with van der Waals surface area (Å²) < 4.78 is 22.6. The SMILES string of the molecule is CCCC/C=C/CC/C=C/C(O)C(COC1OC(CO)C(OC2OC(CO)C(O)C(O)C2O)C(O)C1O)NC(=O)CCCCCCCCCCCCCCC/C=C\C/C=C\CCCCCCC. The summed E-state index contributed by atoms with van der Waals surface area (Å²) in [5, 5.41) is 86.5. The van der Waals surface area contributed by atoms with Crippen LogP contribution in [0.3, 0.4) is 0 Å². The van der Waals surface area contributed by atoms with Crippen molar-refractivity contribution >= 4 is 5.91 Å². The first-order chi connectivity index (χ1) is 32.6. The number of aliphatic hydroxyl groups is 8. The maximum atomic E-state index is 13.1. The summed E-state index contributed by atoms with van der Waals surface area (Å²) in [4.78, 5) is 13.1. The molecule has 2 aliphatic rings. The van der Waals surface area contributed by atoms with E-state index in [0.717, 1.165) is 51.4 Å². The van der Waals surface area contributed by atoms with Gasteiger partial charge in [-0.15, -0.1) is 0 Å². The minimum atomic E-state index is -1.79. The van der Waals surface area contributed by atoms with Crippen molar-refractivity contribution in [2.24, 2.45) is 0 Å². The van der Waals surface area contributed by atoms with Gasteiger partial charge < -0.3 is 65.1 Å². The Morgan fingerprint density at radius 1 is 0.537 bits per heavy atom. The highest BCUT2D eigenvalue weighted by atomic mass is 16.7. The Kier molecular flexibility index (Phi) is 36.1. The molecule has 12 atom stereocenters. The average Bonchev–Trinajstić information content (AvgIpc) is 3.32. The molecule has 2 aliphatic heterocycles.